The summed E-state index contributed by atoms with van der Waals surface area (Å²) >= 11 is 5.89. The topological polar surface area (TPSA) is 35.6 Å². The van der Waals surface area contributed by atoms with Crippen LogP contribution in [0.4, 0.5) is 5.69 Å². The molecule has 27 heavy (non-hydrogen) atoms. The summed E-state index contributed by atoms with van der Waals surface area (Å²) in [6.45, 7) is 6.69. The lowest BCUT2D eigenvalue weighted by Gasteiger charge is -2.35. The maximum Gasteiger partial charge on any atom is 0.244 e. The molecule has 0 bridgehead atoms. The predicted molar refractivity (Wildman–Crippen MR) is 113 cm³/mol. The number of amides is 1. The number of likely N-dealkylation sites (N-methyl/N-ethyl adjacent to an activating group) is 1. The van der Waals surface area contributed by atoms with Gasteiger partial charge in [-0.15, -0.1) is 0 Å². The minimum Gasteiger partial charge on any atom is -0.368 e. The van der Waals surface area contributed by atoms with E-state index in [0.717, 1.165) is 37.3 Å². The number of carbonyl (C=O) groups excluding carboxylic acids is 1. The Morgan fingerprint density at radius 2 is 1.81 bits per heavy atom. The summed E-state index contributed by atoms with van der Waals surface area (Å²) in [6, 6.07) is 13.8. The molecule has 0 spiro atoms. The second kappa shape index (κ2) is 9.07. The third kappa shape index (κ3) is 5.34. The smallest absolute Gasteiger partial charge is 0.244 e. The molecule has 2 aromatic rings. The molecule has 0 saturated carbocycles. The van der Waals surface area contributed by atoms with Gasteiger partial charge in [0.25, 0.3) is 0 Å². The average molecular weight is 384 g/mol. The van der Waals surface area contributed by atoms with Crippen LogP contribution < -0.4 is 10.2 Å². The Balaban J connectivity index is 1.67. The number of hydrogen-bond acceptors (Lipinski definition) is 3. The van der Waals surface area contributed by atoms with E-state index in [0.29, 0.717) is 11.6 Å². The van der Waals surface area contributed by atoms with Gasteiger partial charge in [0.05, 0.1) is 0 Å². The molecular weight excluding hydrogens is 358 g/mol. The van der Waals surface area contributed by atoms with Crippen molar-refractivity contribution in [1.82, 2.24) is 10.2 Å². The highest BCUT2D eigenvalue weighted by Crippen LogP contribution is 2.26. The molecule has 2 aromatic carbocycles. The highest BCUT2D eigenvalue weighted by Gasteiger charge is 2.17. The molecule has 1 aliphatic rings. The zero-order valence-electron chi connectivity index (χ0n) is 15.9. The lowest BCUT2D eigenvalue weighted by atomic mass is 10.0. The highest BCUT2D eigenvalue weighted by molar-refractivity contribution is 6.30. The summed E-state index contributed by atoms with van der Waals surface area (Å²) in [5, 5.41) is 3.62. The molecule has 4 nitrogen and oxygen atoms in total. The number of carbonyl (C=O) groups is 1. The van der Waals surface area contributed by atoms with Gasteiger partial charge in [0.1, 0.15) is 0 Å². The van der Waals surface area contributed by atoms with Gasteiger partial charge in [0.15, 0.2) is 0 Å². The van der Waals surface area contributed by atoms with Gasteiger partial charge >= 0.3 is 0 Å². The molecule has 5 heteroatoms. The molecule has 0 aromatic heterocycles. The lowest BCUT2D eigenvalue weighted by molar-refractivity contribution is -0.116. The summed E-state index contributed by atoms with van der Waals surface area (Å²) in [4.78, 5) is 17.0. The summed E-state index contributed by atoms with van der Waals surface area (Å²) in [5.41, 5.74) is 4.51. The molecule has 0 radical (unpaired) electrons. The number of nitrogens with one attached hydrogen (secondary N) is 1. The largest absolute Gasteiger partial charge is 0.368 e. The number of anilines is 1. The first kappa shape index (κ1) is 19.5. The summed E-state index contributed by atoms with van der Waals surface area (Å²) < 4.78 is 0. The Labute approximate surface area is 166 Å². The van der Waals surface area contributed by atoms with Crippen molar-refractivity contribution in [2.75, 3.05) is 38.1 Å². The summed E-state index contributed by atoms with van der Waals surface area (Å²) in [6.07, 6.45) is 3.55. The fraction of sp³-hybridized carbons (Fsp3) is 0.318. The Bertz CT molecular complexity index is 809. The van der Waals surface area contributed by atoms with Crippen LogP contribution >= 0.6 is 11.6 Å². The van der Waals surface area contributed by atoms with Crippen molar-refractivity contribution in [3.63, 3.8) is 0 Å². The number of rotatable bonds is 5. The number of piperazine rings is 1. The molecule has 0 atom stereocenters. The molecule has 1 heterocycles. The van der Waals surface area contributed by atoms with E-state index in [9.17, 15) is 4.79 Å². The number of halogens is 1. The third-order valence-corrected chi connectivity index (χ3v) is 5.18. The predicted octanol–water partition coefficient (Wildman–Crippen LogP) is 3.73. The fourth-order valence-corrected chi connectivity index (χ4v) is 3.34. The zero-order valence-corrected chi connectivity index (χ0v) is 16.7. The van der Waals surface area contributed by atoms with E-state index < -0.39 is 0 Å². The van der Waals surface area contributed by atoms with E-state index in [4.69, 9.17) is 11.6 Å². The quantitative estimate of drug-likeness (QED) is 0.799. The Kier molecular flexibility index (Phi) is 6.54. The zero-order chi connectivity index (χ0) is 19.2. The first-order valence-corrected chi connectivity index (χ1v) is 9.64. The van der Waals surface area contributed by atoms with Gasteiger partial charge in [0.2, 0.25) is 5.91 Å². The fourth-order valence-electron chi connectivity index (χ4n) is 3.21. The monoisotopic (exact) mass is 383 g/mol. The van der Waals surface area contributed by atoms with E-state index >= 15 is 0 Å². The second-order valence-corrected chi connectivity index (χ2v) is 7.41. The van der Waals surface area contributed by atoms with Gasteiger partial charge in [-0.2, -0.15) is 0 Å². The van der Waals surface area contributed by atoms with Crippen LogP contribution in [0, 0.1) is 6.92 Å². The molecule has 1 amide bonds. The highest BCUT2D eigenvalue weighted by atomic mass is 35.5. The van der Waals surface area contributed by atoms with Crippen LogP contribution in [0.15, 0.2) is 48.5 Å². The van der Waals surface area contributed by atoms with Crippen LogP contribution in [-0.4, -0.2) is 44.0 Å². The lowest BCUT2D eigenvalue weighted by Crippen LogP contribution is -2.44. The van der Waals surface area contributed by atoms with Crippen molar-refractivity contribution in [2.45, 2.75) is 13.5 Å². The van der Waals surface area contributed by atoms with Gasteiger partial charge < -0.3 is 15.1 Å². The van der Waals surface area contributed by atoms with Gasteiger partial charge in [-0.1, -0.05) is 35.9 Å². The third-order valence-electron chi connectivity index (χ3n) is 4.93. The second-order valence-electron chi connectivity index (χ2n) is 6.98. The van der Waals surface area contributed by atoms with Gasteiger partial charge in [-0.3, -0.25) is 4.79 Å². The number of nitrogens with zero attached hydrogens (tertiary/aromatic N) is 2. The number of benzene rings is 2. The number of hydrogen-bond donors (Lipinski definition) is 1. The summed E-state index contributed by atoms with van der Waals surface area (Å²) in [7, 11) is 2.15. The average Bonchev–Trinajstić information content (AvgIpc) is 2.67. The van der Waals surface area contributed by atoms with Gasteiger partial charge in [-0.25, -0.2) is 0 Å². The molecule has 1 saturated heterocycles. The Hall–Kier alpha value is -2.30. The normalized spacial score (nSPS) is 15.3. The van der Waals surface area contributed by atoms with E-state index in [1.165, 1.54) is 11.3 Å². The van der Waals surface area contributed by atoms with E-state index in [2.05, 4.69) is 47.3 Å². The summed E-state index contributed by atoms with van der Waals surface area (Å²) in [5.74, 6) is -0.0995. The van der Waals surface area contributed by atoms with Crippen molar-refractivity contribution in [3.05, 3.63) is 70.3 Å². The Morgan fingerprint density at radius 3 is 2.52 bits per heavy atom. The maximum atomic E-state index is 12.3. The molecular formula is C22H26ClN3O. The molecule has 0 unspecified atom stereocenters. The van der Waals surface area contributed by atoms with Crippen LogP contribution in [-0.2, 0) is 11.3 Å². The van der Waals surface area contributed by atoms with E-state index in [1.54, 1.807) is 6.08 Å². The SMILES string of the molecule is Cc1cccc(N2CCN(C)CC2)c1/C=C\C(=O)NCc1ccc(Cl)cc1. The number of aryl methyl sites for hydroxylation is 1. The molecule has 142 valence electrons. The first-order chi connectivity index (χ1) is 13.0. The standard InChI is InChI=1S/C22H26ClN3O/c1-17-4-3-5-21(26-14-12-25(2)13-15-26)20(17)10-11-22(27)24-16-18-6-8-19(23)9-7-18/h3-11H,12-16H2,1-2H3,(H,24,27)/b11-10-. The molecule has 3 rings (SSSR count). The van der Waals surface area contributed by atoms with Crippen molar-refractivity contribution in [2.24, 2.45) is 0 Å². The van der Waals surface area contributed by atoms with Gasteiger partial charge in [0, 0.05) is 55.1 Å². The van der Waals surface area contributed by atoms with Gasteiger partial charge in [-0.05, 0) is 49.4 Å². The van der Waals surface area contributed by atoms with Crippen LogP contribution in [0.25, 0.3) is 6.08 Å². The van der Waals surface area contributed by atoms with Crippen LogP contribution in [0.3, 0.4) is 0 Å². The maximum absolute atomic E-state index is 12.3. The molecule has 1 fully saturated rings. The van der Waals surface area contributed by atoms with Crippen molar-refractivity contribution in [1.29, 1.82) is 0 Å². The Morgan fingerprint density at radius 1 is 1.11 bits per heavy atom. The van der Waals surface area contributed by atoms with E-state index in [1.807, 2.05) is 30.3 Å². The minimum absolute atomic E-state index is 0.0995. The van der Waals surface area contributed by atoms with Crippen molar-refractivity contribution >= 4 is 29.3 Å². The van der Waals surface area contributed by atoms with Crippen LogP contribution in [0.2, 0.25) is 5.02 Å². The van der Waals surface area contributed by atoms with Crippen LogP contribution in [0.1, 0.15) is 16.7 Å². The van der Waals surface area contributed by atoms with Crippen molar-refractivity contribution < 1.29 is 4.79 Å². The molecule has 0 aliphatic carbocycles. The molecule has 1 N–H and O–H groups in total. The van der Waals surface area contributed by atoms with Crippen LogP contribution in [0.5, 0.6) is 0 Å². The first-order valence-electron chi connectivity index (χ1n) is 9.26. The van der Waals surface area contributed by atoms with Crippen molar-refractivity contribution in [3.8, 4) is 0 Å². The molecule has 1 aliphatic heterocycles. The van der Waals surface area contributed by atoms with E-state index in [-0.39, 0.29) is 5.91 Å². The minimum atomic E-state index is -0.0995.